The number of fused-ring (bicyclic) bond motifs is 3. The van der Waals surface area contributed by atoms with Crippen LogP contribution >= 0.6 is 0 Å². The van der Waals surface area contributed by atoms with E-state index in [2.05, 4.69) is 0 Å². The topological polar surface area (TPSA) is 161 Å². The second-order valence-electron chi connectivity index (χ2n) is 8.64. The van der Waals surface area contributed by atoms with Crippen LogP contribution in [0.25, 0.3) is 0 Å². The first kappa shape index (κ1) is 20.5. The Morgan fingerprint density at radius 3 is 2.47 bits per heavy atom. The van der Waals surface area contributed by atoms with Crippen molar-refractivity contribution < 1.29 is 34.8 Å². The molecule has 0 radical (unpaired) electrons. The van der Waals surface area contributed by atoms with Crippen molar-refractivity contribution in [3.8, 4) is 5.75 Å². The second-order valence-corrected chi connectivity index (χ2v) is 8.64. The molecule has 9 nitrogen and oxygen atoms in total. The first-order chi connectivity index (χ1) is 14.0. The number of aromatic hydroxyl groups is 1. The average Bonchev–Trinajstić information content (AvgIpc) is 2.64. The fraction of sp³-hybridized carbons (Fsp3) is 0.476. The van der Waals surface area contributed by atoms with Crippen LogP contribution in [0, 0.1) is 17.8 Å². The number of nitrogens with two attached hydrogens (primary N) is 1. The van der Waals surface area contributed by atoms with Gasteiger partial charge in [-0.3, -0.25) is 19.3 Å². The minimum atomic E-state index is -2.41. The van der Waals surface area contributed by atoms with Crippen LogP contribution in [0.5, 0.6) is 5.75 Å². The third kappa shape index (κ3) is 2.49. The highest BCUT2D eigenvalue weighted by Crippen LogP contribution is 2.53. The molecule has 4 rings (SSSR count). The summed E-state index contributed by atoms with van der Waals surface area (Å²) in [5, 5.41) is 43.6. The summed E-state index contributed by atoms with van der Waals surface area (Å²) in [5.41, 5.74) is 2.82. The SMILES string of the molecule is CN(C)[C@@H]1C(=O)C(C(N)=O)=C(O)[C@@]2(O)C(O)C3C(=O)c4c(O)cccc4CC3CC12. The van der Waals surface area contributed by atoms with Crippen molar-refractivity contribution >= 4 is 17.5 Å². The van der Waals surface area contributed by atoms with Crippen LogP contribution in [-0.4, -0.2) is 74.6 Å². The number of phenols is 1. The molecule has 0 spiro atoms. The molecule has 1 amide bonds. The molecule has 3 aliphatic carbocycles. The molecule has 4 unspecified atom stereocenters. The molecular weight excluding hydrogens is 392 g/mol. The number of rotatable bonds is 2. The molecule has 160 valence electrons. The van der Waals surface area contributed by atoms with Gasteiger partial charge >= 0.3 is 0 Å². The number of primary amides is 1. The second kappa shape index (κ2) is 6.63. The van der Waals surface area contributed by atoms with Crippen molar-refractivity contribution in [3.05, 3.63) is 40.7 Å². The zero-order valence-corrected chi connectivity index (χ0v) is 16.6. The molecule has 0 aliphatic heterocycles. The van der Waals surface area contributed by atoms with E-state index in [1.807, 2.05) is 0 Å². The zero-order valence-electron chi connectivity index (χ0n) is 16.6. The number of phenolic OH excluding ortho intramolecular Hbond substituents is 1. The molecule has 0 aromatic heterocycles. The zero-order chi connectivity index (χ0) is 22.1. The van der Waals surface area contributed by atoms with Crippen molar-refractivity contribution in [3.63, 3.8) is 0 Å². The smallest absolute Gasteiger partial charge is 0.255 e. The van der Waals surface area contributed by atoms with E-state index in [-0.39, 0.29) is 17.7 Å². The monoisotopic (exact) mass is 416 g/mol. The van der Waals surface area contributed by atoms with Crippen LogP contribution in [0.4, 0.5) is 0 Å². The van der Waals surface area contributed by atoms with Crippen molar-refractivity contribution in [2.45, 2.75) is 30.6 Å². The fourth-order valence-electron chi connectivity index (χ4n) is 5.63. The van der Waals surface area contributed by atoms with Crippen LogP contribution in [0.3, 0.4) is 0 Å². The van der Waals surface area contributed by atoms with Crippen molar-refractivity contribution in [1.29, 1.82) is 0 Å². The molecule has 1 saturated carbocycles. The number of carbonyl (C=O) groups excluding carboxylic acids is 3. The largest absolute Gasteiger partial charge is 0.508 e. The number of likely N-dealkylation sites (N-methyl/N-ethyl adjacent to an activating group) is 1. The summed E-state index contributed by atoms with van der Waals surface area (Å²) < 4.78 is 0. The maximum atomic E-state index is 13.2. The summed E-state index contributed by atoms with van der Waals surface area (Å²) >= 11 is 0. The van der Waals surface area contributed by atoms with Gasteiger partial charge in [-0.25, -0.2) is 0 Å². The van der Waals surface area contributed by atoms with Gasteiger partial charge in [0.1, 0.15) is 23.2 Å². The molecule has 1 fully saturated rings. The summed E-state index contributed by atoms with van der Waals surface area (Å²) in [5.74, 6) is -6.24. The van der Waals surface area contributed by atoms with Crippen LogP contribution < -0.4 is 5.73 Å². The van der Waals surface area contributed by atoms with Gasteiger partial charge in [-0.05, 0) is 44.5 Å². The molecule has 9 heteroatoms. The van der Waals surface area contributed by atoms with Crippen LogP contribution in [0.15, 0.2) is 29.5 Å². The van der Waals surface area contributed by atoms with E-state index >= 15 is 0 Å². The molecule has 0 saturated heterocycles. The minimum absolute atomic E-state index is 0.0782. The molecule has 1 aromatic carbocycles. The third-order valence-electron chi connectivity index (χ3n) is 6.90. The molecule has 0 bridgehead atoms. The van der Waals surface area contributed by atoms with Crippen LogP contribution in [0.1, 0.15) is 22.3 Å². The predicted molar refractivity (Wildman–Crippen MR) is 104 cm³/mol. The van der Waals surface area contributed by atoms with Gasteiger partial charge in [0.2, 0.25) is 0 Å². The highest BCUT2D eigenvalue weighted by molar-refractivity contribution is 6.22. The molecule has 0 heterocycles. The molecule has 30 heavy (non-hydrogen) atoms. The number of Topliss-reactive ketones (excluding diaryl/α,β-unsaturated/α-hetero) is 2. The average molecular weight is 416 g/mol. The maximum Gasteiger partial charge on any atom is 0.255 e. The number of carbonyl (C=O) groups is 3. The fourth-order valence-corrected chi connectivity index (χ4v) is 5.63. The maximum absolute atomic E-state index is 13.2. The van der Waals surface area contributed by atoms with E-state index < -0.39 is 64.3 Å². The third-order valence-corrected chi connectivity index (χ3v) is 6.90. The Balaban J connectivity index is 1.90. The van der Waals surface area contributed by atoms with E-state index in [1.165, 1.54) is 11.0 Å². The van der Waals surface area contributed by atoms with Gasteiger partial charge in [0.15, 0.2) is 17.2 Å². The minimum Gasteiger partial charge on any atom is -0.508 e. The van der Waals surface area contributed by atoms with Crippen LogP contribution in [0.2, 0.25) is 0 Å². The normalized spacial score (nSPS) is 35.7. The summed E-state index contributed by atoms with van der Waals surface area (Å²) in [6, 6.07) is 3.68. The Bertz CT molecular complexity index is 1000. The Morgan fingerprint density at radius 1 is 1.20 bits per heavy atom. The lowest BCUT2D eigenvalue weighted by Crippen LogP contribution is -2.69. The number of ketones is 2. The highest BCUT2D eigenvalue weighted by Gasteiger charge is 2.65. The van der Waals surface area contributed by atoms with Crippen molar-refractivity contribution in [2.75, 3.05) is 14.1 Å². The van der Waals surface area contributed by atoms with Crippen LogP contribution in [-0.2, 0) is 16.0 Å². The quantitative estimate of drug-likeness (QED) is 0.395. The Labute approximate surface area is 172 Å². The van der Waals surface area contributed by atoms with E-state index in [4.69, 9.17) is 5.73 Å². The standard InChI is InChI=1S/C21H24N2O7/c1-23(2)15-10-7-9-6-8-4-3-5-11(24)12(8)16(25)13(9)18(27)21(10,30)19(28)14(17(15)26)20(22)29/h3-5,9-10,13,15,18,24,27-28,30H,6-7H2,1-2H3,(H2,22,29)/t9?,10?,13?,15-,18?,21-/m0/s1. The van der Waals surface area contributed by atoms with E-state index in [0.29, 0.717) is 12.0 Å². The Hall–Kier alpha value is -2.75. The van der Waals surface area contributed by atoms with Gasteiger partial charge in [-0.2, -0.15) is 0 Å². The predicted octanol–water partition coefficient (Wildman–Crippen LogP) is -0.714. The first-order valence-corrected chi connectivity index (χ1v) is 9.71. The van der Waals surface area contributed by atoms with E-state index in [0.717, 1.165) is 0 Å². The van der Waals surface area contributed by atoms with E-state index in [9.17, 15) is 34.8 Å². The number of aliphatic hydroxyl groups excluding tert-OH is 2. The van der Waals surface area contributed by atoms with E-state index in [1.54, 1.807) is 26.2 Å². The van der Waals surface area contributed by atoms with Crippen molar-refractivity contribution in [2.24, 2.45) is 23.5 Å². The van der Waals surface area contributed by atoms with Gasteiger partial charge in [-0.15, -0.1) is 0 Å². The van der Waals surface area contributed by atoms with Crippen molar-refractivity contribution in [1.82, 2.24) is 4.90 Å². The summed E-state index contributed by atoms with van der Waals surface area (Å²) in [6.45, 7) is 0. The molecule has 3 aliphatic rings. The number of hydrogen-bond acceptors (Lipinski definition) is 8. The van der Waals surface area contributed by atoms with Gasteiger partial charge in [0, 0.05) is 5.92 Å². The lowest BCUT2D eigenvalue weighted by molar-refractivity contribution is -0.183. The highest BCUT2D eigenvalue weighted by atomic mass is 16.4. The summed E-state index contributed by atoms with van der Waals surface area (Å²) in [7, 11) is 3.17. The van der Waals surface area contributed by atoms with Gasteiger partial charge in [-0.1, -0.05) is 12.1 Å². The van der Waals surface area contributed by atoms with Gasteiger partial charge in [0.25, 0.3) is 5.91 Å². The molecule has 1 aromatic rings. The summed E-state index contributed by atoms with van der Waals surface area (Å²) in [4.78, 5) is 39.5. The number of benzene rings is 1. The molecule has 6 atom stereocenters. The number of nitrogens with zero attached hydrogens (tertiary/aromatic N) is 1. The molecule has 6 N–H and O–H groups in total. The lowest BCUT2D eigenvalue weighted by Gasteiger charge is -2.55. The Kier molecular flexibility index (Phi) is 4.53. The number of amides is 1. The summed E-state index contributed by atoms with van der Waals surface area (Å²) in [6.07, 6.45) is -1.30. The van der Waals surface area contributed by atoms with Gasteiger partial charge < -0.3 is 26.2 Å². The lowest BCUT2D eigenvalue weighted by atomic mass is 9.54. The first-order valence-electron chi connectivity index (χ1n) is 9.71. The van der Waals surface area contributed by atoms with Gasteiger partial charge in [0.05, 0.1) is 17.5 Å². The molecular formula is C21H24N2O7. The number of aliphatic hydroxyl groups is 3. The Morgan fingerprint density at radius 2 is 1.87 bits per heavy atom. The number of hydrogen-bond donors (Lipinski definition) is 5.